The fourth-order valence-corrected chi connectivity index (χ4v) is 3.66. The summed E-state index contributed by atoms with van der Waals surface area (Å²) in [6.45, 7) is 9.75. The second-order valence-electron chi connectivity index (χ2n) is 6.79. The second kappa shape index (κ2) is 6.19. The normalized spacial score (nSPS) is 24.2. The van der Waals surface area contributed by atoms with Gasteiger partial charge in [0.1, 0.15) is 0 Å². The van der Waals surface area contributed by atoms with E-state index in [1.165, 1.54) is 64.7 Å². The van der Waals surface area contributed by atoms with Gasteiger partial charge in [-0.25, -0.2) is 0 Å². The van der Waals surface area contributed by atoms with Crippen molar-refractivity contribution in [3.05, 3.63) is 0 Å². The highest BCUT2D eigenvalue weighted by Gasteiger charge is 2.33. The molecule has 2 aliphatic rings. The first-order valence-corrected chi connectivity index (χ1v) is 7.62. The minimum absolute atomic E-state index is 0.645. The van der Waals surface area contributed by atoms with Crippen molar-refractivity contribution in [3.8, 4) is 0 Å². The van der Waals surface area contributed by atoms with Gasteiger partial charge >= 0.3 is 0 Å². The summed E-state index contributed by atoms with van der Waals surface area (Å²) >= 11 is 0. The largest absolute Gasteiger partial charge is 0.316 e. The molecule has 0 unspecified atom stereocenters. The Morgan fingerprint density at radius 3 is 2.47 bits per heavy atom. The summed E-state index contributed by atoms with van der Waals surface area (Å²) < 4.78 is 0. The van der Waals surface area contributed by atoms with Crippen LogP contribution in [-0.4, -0.2) is 26.2 Å². The molecule has 0 aromatic heterocycles. The Morgan fingerprint density at radius 1 is 1.24 bits per heavy atom. The molecular formula is C15H30N2. The molecule has 0 bridgehead atoms. The average molecular weight is 238 g/mol. The van der Waals surface area contributed by atoms with Gasteiger partial charge in [-0.1, -0.05) is 26.7 Å². The standard InChI is InChI=1S/C15H30N2/c1-13(2)9-15(6-3-4-7-15)12-16-8-5-14-10-17-11-14/h13-14,16-17H,3-12H2,1-2H3. The molecule has 0 amide bonds. The summed E-state index contributed by atoms with van der Waals surface area (Å²) in [5.41, 5.74) is 0.645. The molecule has 1 saturated carbocycles. The molecule has 0 spiro atoms. The van der Waals surface area contributed by atoms with Gasteiger partial charge in [-0.3, -0.25) is 0 Å². The van der Waals surface area contributed by atoms with Crippen LogP contribution in [0.2, 0.25) is 0 Å². The predicted molar refractivity (Wildman–Crippen MR) is 74.2 cm³/mol. The lowest BCUT2D eigenvalue weighted by atomic mass is 9.78. The molecule has 2 rings (SSSR count). The molecular weight excluding hydrogens is 208 g/mol. The zero-order chi connectivity index (χ0) is 12.1. The third-order valence-corrected chi connectivity index (χ3v) is 4.60. The van der Waals surface area contributed by atoms with Crippen LogP contribution >= 0.6 is 0 Å². The van der Waals surface area contributed by atoms with E-state index in [1.807, 2.05) is 0 Å². The van der Waals surface area contributed by atoms with Crippen LogP contribution in [0.3, 0.4) is 0 Å². The minimum atomic E-state index is 0.645. The van der Waals surface area contributed by atoms with Gasteiger partial charge in [-0.2, -0.15) is 0 Å². The van der Waals surface area contributed by atoms with Crippen LogP contribution in [0.15, 0.2) is 0 Å². The van der Waals surface area contributed by atoms with E-state index in [2.05, 4.69) is 24.5 Å². The second-order valence-corrected chi connectivity index (χ2v) is 6.79. The van der Waals surface area contributed by atoms with E-state index >= 15 is 0 Å². The first kappa shape index (κ1) is 13.4. The van der Waals surface area contributed by atoms with E-state index in [1.54, 1.807) is 0 Å². The van der Waals surface area contributed by atoms with Crippen LogP contribution in [-0.2, 0) is 0 Å². The van der Waals surface area contributed by atoms with Crippen molar-refractivity contribution < 1.29 is 0 Å². The Labute approximate surface area is 107 Å². The summed E-state index contributed by atoms with van der Waals surface area (Å²) in [6, 6.07) is 0. The molecule has 0 aromatic carbocycles. The van der Waals surface area contributed by atoms with Gasteiger partial charge < -0.3 is 10.6 Å². The van der Waals surface area contributed by atoms with Crippen LogP contribution in [0, 0.1) is 17.3 Å². The molecule has 100 valence electrons. The van der Waals surface area contributed by atoms with Crippen molar-refractivity contribution in [2.75, 3.05) is 26.2 Å². The highest BCUT2D eigenvalue weighted by Crippen LogP contribution is 2.42. The third-order valence-electron chi connectivity index (χ3n) is 4.60. The van der Waals surface area contributed by atoms with Crippen molar-refractivity contribution in [1.29, 1.82) is 0 Å². The Morgan fingerprint density at radius 2 is 1.94 bits per heavy atom. The average Bonchev–Trinajstić information content (AvgIpc) is 2.62. The molecule has 17 heavy (non-hydrogen) atoms. The summed E-state index contributed by atoms with van der Waals surface area (Å²) in [4.78, 5) is 0. The fourth-order valence-electron chi connectivity index (χ4n) is 3.66. The van der Waals surface area contributed by atoms with Gasteiger partial charge in [-0.15, -0.1) is 0 Å². The fraction of sp³-hybridized carbons (Fsp3) is 1.00. The van der Waals surface area contributed by atoms with Crippen molar-refractivity contribution >= 4 is 0 Å². The summed E-state index contributed by atoms with van der Waals surface area (Å²) in [5.74, 6) is 1.80. The summed E-state index contributed by atoms with van der Waals surface area (Å²) in [6.07, 6.45) is 8.63. The molecule has 0 aromatic rings. The summed E-state index contributed by atoms with van der Waals surface area (Å²) in [5, 5.41) is 7.09. The third kappa shape index (κ3) is 3.96. The lowest BCUT2D eigenvalue weighted by Gasteiger charge is -2.32. The topological polar surface area (TPSA) is 24.1 Å². The van der Waals surface area contributed by atoms with Crippen LogP contribution < -0.4 is 10.6 Å². The number of nitrogens with one attached hydrogen (secondary N) is 2. The Bertz CT molecular complexity index is 215. The lowest BCUT2D eigenvalue weighted by molar-refractivity contribution is 0.219. The predicted octanol–water partition coefficient (Wildman–Crippen LogP) is 2.79. The van der Waals surface area contributed by atoms with Crippen molar-refractivity contribution in [1.82, 2.24) is 10.6 Å². The smallest absolute Gasteiger partial charge is 0.000791 e. The molecule has 1 aliphatic carbocycles. The van der Waals surface area contributed by atoms with Crippen LogP contribution in [0.5, 0.6) is 0 Å². The number of hydrogen-bond donors (Lipinski definition) is 2. The molecule has 0 radical (unpaired) electrons. The minimum Gasteiger partial charge on any atom is -0.316 e. The van der Waals surface area contributed by atoms with Crippen molar-refractivity contribution in [2.45, 2.75) is 52.4 Å². The highest BCUT2D eigenvalue weighted by molar-refractivity contribution is 4.87. The van der Waals surface area contributed by atoms with Crippen molar-refractivity contribution in [2.24, 2.45) is 17.3 Å². The lowest BCUT2D eigenvalue weighted by Crippen LogP contribution is -2.44. The van der Waals surface area contributed by atoms with Gasteiger partial charge in [0.2, 0.25) is 0 Å². The Kier molecular flexibility index (Phi) is 4.87. The van der Waals surface area contributed by atoms with E-state index in [0.717, 1.165) is 11.8 Å². The maximum atomic E-state index is 3.74. The van der Waals surface area contributed by atoms with Gasteiger partial charge in [0.15, 0.2) is 0 Å². The van der Waals surface area contributed by atoms with Crippen LogP contribution in [0.1, 0.15) is 52.4 Å². The monoisotopic (exact) mass is 238 g/mol. The quantitative estimate of drug-likeness (QED) is 0.667. The molecule has 2 heteroatoms. The van der Waals surface area contributed by atoms with E-state index in [0.29, 0.717) is 5.41 Å². The molecule has 1 aliphatic heterocycles. The zero-order valence-corrected chi connectivity index (χ0v) is 11.7. The maximum Gasteiger partial charge on any atom is 0.000791 e. The number of rotatable bonds is 7. The molecule has 2 fully saturated rings. The van der Waals surface area contributed by atoms with Gasteiger partial charge in [-0.05, 0) is 62.6 Å². The van der Waals surface area contributed by atoms with Crippen LogP contribution in [0.25, 0.3) is 0 Å². The molecule has 1 heterocycles. The molecule has 1 saturated heterocycles. The van der Waals surface area contributed by atoms with E-state index < -0.39 is 0 Å². The SMILES string of the molecule is CC(C)CC1(CNCCC2CNC2)CCCC1. The maximum absolute atomic E-state index is 3.74. The van der Waals surface area contributed by atoms with Gasteiger partial charge in [0.25, 0.3) is 0 Å². The summed E-state index contributed by atoms with van der Waals surface area (Å²) in [7, 11) is 0. The first-order valence-electron chi connectivity index (χ1n) is 7.62. The van der Waals surface area contributed by atoms with Crippen LogP contribution in [0.4, 0.5) is 0 Å². The molecule has 0 atom stereocenters. The molecule has 2 N–H and O–H groups in total. The van der Waals surface area contributed by atoms with E-state index in [4.69, 9.17) is 0 Å². The Balaban J connectivity index is 1.65. The highest BCUT2D eigenvalue weighted by atomic mass is 15.0. The van der Waals surface area contributed by atoms with Gasteiger partial charge in [0, 0.05) is 6.54 Å². The van der Waals surface area contributed by atoms with E-state index in [9.17, 15) is 0 Å². The van der Waals surface area contributed by atoms with Crippen molar-refractivity contribution in [3.63, 3.8) is 0 Å². The molecule has 2 nitrogen and oxygen atoms in total. The van der Waals surface area contributed by atoms with Gasteiger partial charge in [0.05, 0.1) is 0 Å². The van der Waals surface area contributed by atoms with E-state index in [-0.39, 0.29) is 0 Å². The number of hydrogen-bond acceptors (Lipinski definition) is 2. The first-order chi connectivity index (χ1) is 8.20. The Hall–Kier alpha value is -0.0800. The zero-order valence-electron chi connectivity index (χ0n) is 11.7.